The van der Waals surface area contributed by atoms with Crippen LogP contribution in [-0.4, -0.2) is 51.0 Å². The summed E-state index contributed by atoms with van der Waals surface area (Å²) in [6, 6.07) is 7.73. The SMILES string of the molecule is CCOc1cccc(OCCOCCN2CCCCC2)c1. The number of benzene rings is 1. The van der Waals surface area contributed by atoms with Gasteiger partial charge in [-0.25, -0.2) is 0 Å². The molecule has 1 aromatic carbocycles. The van der Waals surface area contributed by atoms with E-state index >= 15 is 0 Å². The minimum Gasteiger partial charge on any atom is -0.494 e. The van der Waals surface area contributed by atoms with Gasteiger partial charge in [-0.2, -0.15) is 0 Å². The fourth-order valence-corrected chi connectivity index (χ4v) is 2.52. The van der Waals surface area contributed by atoms with Crippen LogP contribution < -0.4 is 9.47 Å². The molecule has 1 aromatic rings. The van der Waals surface area contributed by atoms with Gasteiger partial charge in [-0.05, 0) is 45.0 Å². The van der Waals surface area contributed by atoms with E-state index in [9.17, 15) is 0 Å². The Morgan fingerprint density at radius 3 is 2.48 bits per heavy atom. The molecule has 0 saturated carbocycles. The number of nitrogens with zero attached hydrogens (tertiary/aromatic N) is 1. The molecule has 4 nitrogen and oxygen atoms in total. The van der Waals surface area contributed by atoms with Gasteiger partial charge in [-0.1, -0.05) is 12.5 Å². The molecule has 1 heterocycles. The summed E-state index contributed by atoms with van der Waals surface area (Å²) in [4.78, 5) is 2.48. The zero-order chi connectivity index (χ0) is 14.8. The highest BCUT2D eigenvalue weighted by atomic mass is 16.5. The Balaban J connectivity index is 1.53. The van der Waals surface area contributed by atoms with E-state index in [2.05, 4.69) is 4.90 Å². The zero-order valence-electron chi connectivity index (χ0n) is 13.1. The van der Waals surface area contributed by atoms with E-state index in [1.807, 2.05) is 31.2 Å². The summed E-state index contributed by atoms with van der Waals surface area (Å²) in [6.45, 7) is 8.14. The highest BCUT2D eigenvalue weighted by Crippen LogP contribution is 2.19. The van der Waals surface area contributed by atoms with Gasteiger partial charge in [0, 0.05) is 12.6 Å². The first-order valence-corrected chi connectivity index (χ1v) is 8.04. The second-order valence-electron chi connectivity index (χ2n) is 5.27. The van der Waals surface area contributed by atoms with Crippen LogP contribution in [0.3, 0.4) is 0 Å². The Morgan fingerprint density at radius 2 is 1.71 bits per heavy atom. The summed E-state index contributed by atoms with van der Waals surface area (Å²) in [5, 5.41) is 0. The highest BCUT2D eigenvalue weighted by molar-refractivity contribution is 5.32. The van der Waals surface area contributed by atoms with E-state index < -0.39 is 0 Å². The molecular weight excluding hydrogens is 266 g/mol. The lowest BCUT2D eigenvalue weighted by atomic mass is 10.1. The number of ether oxygens (including phenoxy) is 3. The molecule has 0 aliphatic carbocycles. The Hall–Kier alpha value is -1.26. The van der Waals surface area contributed by atoms with E-state index in [4.69, 9.17) is 14.2 Å². The third-order valence-corrected chi connectivity index (χ3v) is 3.61. The first kappa shape index (κ1) is 16.1. The van der Waals surface area contributed by atoms with Gasteiger partial charge in [-0.15, -0.1) is 0 Å². The maximum absolute atomic E-state index is 5.67. The molecule has 0 bridgehead atoms. The largest absolute Gasteiger partial charge is 0.494 e. The summed E-state index contributed by atoms with van der Waals surface area (Å²) in [5.74, 6) is 1.68. The molecule has 118 valence electrons. The fraction of sp³-hybridized carbons (Fsp3) is 0.647. The van der Waals surface area contributed by atoms with E-state index in [0.717, 1.165) is 24.7 Å². The normalized spacial score (nSPS) is 15.9. The van der Waals surface area contributed by atoms with Crippen LogP contribution in [0.2, 0.25) is 0 Å². The van der Waals surface area contributed by atoms with Gasteiger partial charge in [-0.3, -0.25) is 0 Å². The van der Waals surface area contributed by atoms with Crippen LogP contribution >= 0.6 is 0 Å². The van der Waals surface area contributed by atoms with Gasteiger partial charge in [0.15, 0.2) is 0 Å². The van der Waals surface area contributed by atoms with Crippen molar-refractivity contribution in [1.29, 1.82) is 0 Å². The van der Waals surface area contributed by atoms with Crippen molar-refractivity contribution in [3.8, 4) is 11.5 Å². The maximum atomic E-state index is 5.67. The Kier molecular flexibility index (Phi) is 7.39. The second-order valence-corrected chi connectivity index (χ2v) is 5.27. The molecule has 1 aliphatic heterocycles. The molecule has 1 fully saturated rings. The van der Waals surface area contributed by atoms with Crippen molar-refractivity contribution < 1.29 is 14.2 Å². The van der Waals surface area contributed by atoms with Crippen LogP contribution in [0.1, 0.15) is 26.2 Å². The van der Waals surface area contributed by atoms with Crippen molar-refractivity contribution in [1.82, 2.24) is 4.90 Å². The van der Waals surface area contributed by atoms with Crippen LogP contribution in [0.5, 0.6) is 11.5 Å². The van der Waals surface area contributed by atoms with Gasteiger partial charge < -0.3 is 19.1 Å². The van der Waals surface area contributed by atoms with Crippen LogP contribution in [0.25, 0.3) is 0 Å². The first-order valence-electron chi connectivity index (χ1n) is 8.04. The Morgan fingerprint density at radius 1 is 0.952 bits per heavy atom. The van der Waals surface area contributed by atoms with Gasteiger partial charge in [0.1, 0.15) is 18.1 Å². The molecule has 0 atom stereocenters. The van der Waals surface area contributed by atoms with E-state index in [1.165, 1.54) is 32.4 Å². The summed E-state index contributed by atoms with van der Waals surface area (Å²) in [7, 11) is 0. The highest BCUT2D eigenvalue weighted by Gasteiger charge is 2.08. The molecule has 1 aliphatic rings. The molecule has 21 heavy (non-hydrogen) atoms. The van der Waals surface area contributed by atoms with Crippen molar-refractivity contribution in [2.75, 3.05) is 46.1 Å². The standard InChI is InChI=1S/C17H27NO3/c1-2-20-16-7-6-8-17(15-16)21-14-13-19-12-11-18-9-4-3-5-10-18/h6-8,15H,2-5,9-14H2,1H3. The molecule has 2 rings (SSSR count). The second kappa shape index (κ2) is 9.64. The van der Waals surface area contributed by atoms with E-state index in [1.54, 1.807) is 0 Å². The fourth-order valence-electron chi connectivity index (χ4n) is 2.52. The topological polar surface area (TPSA) is 30.9 Å². The van der Waals surface area contributed by atoms with Gasteiger partial charge >= 0.3 is 0 Å². The lowest BCUT2D eigenvalue weighted by molar-refractivity contribution is 0.0750. The third kappa shape index (κ3) is 6.36. The lowest BCUT2D eigenvalue weighted by Gasteiger charge is -2.26. The predicted octanol–water partition coefficient (Wildman–Crippen LogP) is 2.97. The number of piperidine rings is 1. The Labute approximate surface area is 128 Å². The van der Waals surface area contributed by atoms with E-state index in [-0.39, 0.29) is 0 Å². The van der Waals surface area contributed by atoms with Crippen LogP contribution in [0, 0.1) is 0 Å². The average molecular weight is 293 g/mol. The average Bonchev–Trinajstić information content (AvgIpc) is 2.52. The summed E-state index contributed by atoms with van der Waals surface area (Å²) in [5.41, 5.74) is 0. The van der Waals surface area contributed by atoms with Crippen molar-refractivity contribution in [2.45, 2.75) is 26.2 Å². The minimum atomic E-state index is 0.579. The monoisotopic (exact) mass is 293 g/mol. The summed E-state index contributed by atoms with van der Waals surface area (Å²) in [6.07, 6.45) is 4.05. The van der Waals surface area contributed by atoms with Crippen molar-refractivity contribution >= 4 is 0 Å². The molecule has 0 amide bonds. The number of likely N-dealkylation sites (tertiary alicyclic amines) is 1. The third-order valence-electron chi connectivity index (χ3n) is 3.61. The number of hydrogen-bond acceptors (Lipinski definition) is 4. The zero-order valence-corrected chi connectivity index (χ0v) is 13.1. The smallest absolute Gasteiger partial charge is 0.123 e. The van der Waals surface area contributed by atoms with Gasteiger partial charge in [0.05, 0.1) is 19.8 Å². The predicted molar refractivity (Wildman–Crippen MR) is 84.2 cm³/mol. The maximum Gasteiger partial charge on any atom is 0.123 e. The van der Waals surface area contributed by atoms with Gasteiger partial charge in [0.2, 0.25) is 0 Å². The van der Waals surface area contributed by atoms with Gasteiger partial charge in [0.25, 0.3) is 0 Å². The van der Waals surface area contributed by atoms with Crippen molar-refractivity contribution in [3.05, 3.63) is 24.3 Å². The molecule has 0 N–H and O–H groups in total. The molecule has 0 spiro atoms. The summed E-state index contributed by atoms with van der Waals surface area (Å²) < 4.78 is 16.7. The Bertz CT molecular complexity index is 391. The van der Waals surface area contributed by atoms with Crippen LogP contribution in [-0.2, 0) is 4.74 Å². The molecule has 0 aromatic heterocycles. The molecule has 0 radical (unpaired) electrons. The number of rotatable bonds is 9. The quantitative estimate of drug-likeness (QED) is 0.655. The lowest BCUT2D eigenvalue weighted by Crippen LogP contribution is -2.32. The van der Waals surface area contributed by atoms with Crippen LogP contribution in [0.4, 0.5) is 0 Å². The van der Waals surface area contributed by atoms with Crippen molar-refractivity contribution in [3.63, 3.8) is 0 Å². The minimum absolute atomic E-state index is 0.579. The van der Waals surface area contributed by atoms with Crippen LogP contribution in [0.15, 0.2) is 24.3 Å². The number of hydrogen-bond donors (Lipinski definition) is 0. The molecule has 1 saturated heterocycles. The van der Waals surface area contributed by atoms with E-state index in [0.29, 0.717) is 19.8 Å². The summed E-state index contributed by atoms with van der Waals surface area (Å²) >= 11 is 0. The molecular formula is C17H27NO3. The first-order chi connectivity index (χ1) is 10.4. The molecule has 4 heteroatoms. The van der Waals surface area contributed by atoms with Crippen molar-refractivity contribution in [2.24, 2.45) is 0 Å². The molecule has 0 unspecified atom stereocenters.